The molecule has 0 radical (unpaired) electrons. The second kappa shape index (κ2) is 20.8. The summed E-state index contributed by atoms with van der Waals surface area (Å²) in [5.41, 5.74) is 5.75. The van der Waals surface area contributed by atoms with Crippen LogP contribution in [0.2, 0.25) is 0 Å². The van der Waals surface area contributed by atoms with E-state index in [-0.39, 0.29) is 53.0 Å². The normalized spacial score (nSPS) is 20.6. The quantitative estimate of drug-likeness (QED) is 0.134. The molecule has 6 rings (SSSR count). The lowest BCUT2D eigenvalue weighted by atomic mass is 9.87. The maximum absolute atomic E-state index is 13.7. The van der Waals surface area contributed by atoms with Crippen LogP contribution in [0.5, 0.6) is 0 Å². The minimum Gasteiger partial charge on any atom is -0.453 e. The van der Waals surface area contributed by atoms with E-state index in [9.17, 15) is 28.8 Å². The zero-order valence-corrected chi connectivity index (χ0v) is 39.3. The van der Waals surface area contributed by atoms with Gasteiger partial charge in [0.25, 0.3) is 0 Å². The van der Waals surface area contributed by atoms with Crippen molar-refractivity contribution >= 4 is 52.9 Å². The van der Waals surface area contributed by atoms with Crippen LogP contribution in [-0.4, -0.2) is 97.1 Å². The van der Waals surface area contributed by atoms with Gasteiger partial charge in [0.2, 0.25) is 23.6 Å². The average molecular weight is 894 g/mol. The molecule has 65 heavy (non-hydrogen) atoms. The summed E-state index contributed by atoms with van der Waals surface area (Å²) in [4.78, 5) is 84.1. The number of hydrogen-bond donors (Lipinski definition) is 4. The molecule has 3 aliphatic rings. The first-order chi connectivity index (χ1) is 30.9. The number of methoxy groups -OCH3 is 2. The number of alkyl carbamates (subject to hydrolysis) is 2. The first-order valence-corrected chi connectivity index (χ1v) is 22.9. The second-order valence-electron chi connectivity index (χ2n) is 19.1. The van der Waals surface area contributed by atoms with Gasteiger partial charge in [0.05, 0.1) is 26.3 Å². The third-order valence-electron chi connectivity index (χ3n) is 13.0. The van der Waals surface area contributed by atoms with Crippen molar-refractivity contribution in [2.75, 3.05) is 42.8 Å². The highest BCUT2D eigenvalue weighted by molar-refractivity contribution is 5.99. The van der Waals surface area contributed by atoms with Crippen molar-refractivity contribution in [2.45, 2.75) is 129 Å². The predicted molar refractivity (Wildman–Crippen MR) is 250 cm³/mol. The molecule has 0 aliphatic carbocycles. The molecular weight excluding hydrogens is 827 g/mol. The zero-order chi connectivity index (χ0) is 47.2. The maximum atomic E-state index is 13.7. The summed E-state index contributed by atoms with van der Waals surface area (Å²) in [5.74, 6) is -1.55. The summed E-state index contributed by atoms with van der Waals surface area (Å²) >= 11 is 0. The molecule has 6 atom stereocenters. The maximum Gasteiger partial charge on any atom is 0.407 e. The van der Waals surface area contributed by atoms with Gasteiger partial charge in [-0.2, -0.15) is 0 Å². The first kappa shape index (κ1) is 48.3. The molecule has 3 aliphatic heterocycles. The molecule has 3 heterocycles. The molecule has 15 nitrogen and oxygen atoms in total. The Bertz CT molecular complexity index is 2050. The van der Waals surface area contributed by atoms with Gasteiger partial charge < -0.3 is 45.4 Å². The Morgan fingerprint density at radius 2 is 0.954 bits per heavy atom. The van der Waals surface area contributed by atoms with Gasteiger partial charge in [0.1, 0.15) is 24.2 Å². The fraction of sp³-hybridized carbons (Fsp3) is 0.520. The minimum atomic E-state index is -0.814. The molecule has 0 unspecified atom stereocenters. The fourth-order valence-corrected chi connectivity index (χ4v) is 9.35. The highest BCUT2D eigenvalue weighted by atomic mass is 16.5. The largest absolute Gasteiger partial charge is 0.453 e. The topological polar surface area (TPSA) is 179 Å². The molecule has 6 amide bonds. The van der Waals surface area contributed by atoms with Crippen LogP contribution in [-0.2, 0) is 34.1 Å². The highest BCUT2D eigenvalue weighted by Crippen LogP contribution is 2.47. The number of hydrogen-bond acceptors (Lipinski definition) is 9. The van der Waals surface area contributed by atoms with E-state index >= 15 is 0 Å². The van der Waals surface area contributed by atoms with Gasteiger partial charge >= 0.3 is 12.2 Å². The summed E-state index contributed by atoms with van der Waals surface area (Å²) in [6.45, 7) is 14.8. The van der Waals surface area contributed by atoms with E-state index in [2.05, 4.69) is 95.5 Å². The minimum absolute atomic E-state index is 0.0132. The summed E-state index contributed by atoms with van der Waals surface area (Å²) in [5, 5.41) is 11.3. The molecule has 3 aromatic carbocycles. The lowest BCUT2D eigenvalue weighted by molar-refractivity contribution is -0.139. The molecule has 0 saturated carbocycles. The lowest BCUT2D eigenvalue weighted by Crippen LogP contribution is -2.54. The average Bonchev–Trinajstić information content (AvgIpc) is 4.08. The summed E-state index contributed by atoms with van der Waals surface area (Å²) < 4.78 is 9.49. The lowest BCUT2D eigenvalue weighted by Gasteiger charge is -2.34. The van der Waals surface area contributed by atoms with Crippen molar-refractivity contribution in [3.05, 3.63) is 89.5 Å². The van der Waals surface area contributed by atoms with Crippen LogP contribution in [0, 0.1) is 11.8 Å². The number of benzene rings is 3. The van der Waals surface area contributed by atoms with E-state index in [1.165, 1.54) is 19.8 Å². The van der Waals surface area contributed by atoms with Crippen LogP contribution in [0.25, 0.3) is 0 Å². The van der Waals surface area contributed by atoms with E-state index in [1.807, 2.05) is 52.0 Å². The summed E-state index contributed by atoms with van der Waals surface area (Å²) in [6, 6.07) is 21.7. The number of nitrogens with one attached hydrogen (secondary N) is 4. The van der Waals surface area contributed by atoms with Crippen molar-refractivity contribution in [2.24, 2.45) is 11.8 Å². The molecule has 0 aromatic heterocycles. The van der Waals surface area contributed by atoms with Crippen LogP contribution in [0.3, 0.4) is 0 Å². The molecule has 0 spiro atoms. The van der Waals surface area contributed by atoms with E-state index < -0.39 is 36.4 Å². The Hall–Kier alpha value is -6.12. The highest BCUT2D eigenvalue weighted by Gasteiger charge is 2.41. The van der Waals surface area contributed by atoms with Crippen LogP contribution in [0.1, 0.15) is 116 Å². The van der Waals surface area contributed by atoms with Gasteiger partial charge in [-0.15, -0.1) is 0 Å². The van der Waals surface area contributed by atoms with Gasteiger partial charge in [-0.3, -0.25) is 19.2 Å². The Labute approximate surface area is 383 Å². The van der Waals surface area contributed by atoms with Gasteiger partial charge in [-0.25, -0.2) is 9.59 Å². The van der Waals surface area contributed by atoms with Crippen molar-refractivity contribution in [1.82, 2.24) is 20.4 Å². The van der Waals surface area contributed by atoms with E-state index in [4.69, 9.17) is 9.47 Å². The number of ether oxygens (including phenoxy) is 2. The fourth-order valence-electron chi connectivity index (χ4n) is 9.35. The second-order valence-corrected chi connectivity index (χ2v) is 19.1. The van der Waals surface area contributed by atoms with E-state index in [1.54, 1.807) is 9.80 Å². The SMILES string of the molecule is COC(=O)N[C@H](C(=O)N1CCC[C@@H]1C(=O)Nc1ccc([C@@H]2CC[C@@H](c3ccc(NC(=O)[C@@H]4CCCN4C(=O)[C@H](NC(=O)OC)C(C)C)cc3)N2c2ccc(C(C)(C)C)cc2)cc1)C(C)C. The van der Waals surface area contributed by atoms with Crippen molar-refractivity contribution in [3.63, 3.8) is 0 Å². The molecule has 3 fully saturated rings. The van der Waals surface area contributed by atoms with Crippen LogP contribution in [0.4, 0.5) is 26.7 Å². The third-order valence-corrected chi connectivity index (χ3v) is 13.0. The molecule has 4 N–H and O–H groups in total. The number of carbonyl (C=O) groups excluding carboxylic acids is 6. The molecular formula is C50H67N7O8. The number of amides is 6. The molecule has 3 saturated heterocycles. The smallest absolute Gasteiger partial charge is 0.407 e. The Morgan fingerprint density at radius 1 is 0.569 bits per heavy atom. The number of likely N-dealkylation sites (tertiary alicyclic amines) is 2. The number of nitrogens with zero attached hydrogens (tertiary/aromatic N) is 3. The van der Waals surface area contributed by atoms with Crippen LogP contribution in [0.15, 0.2) is 72.8 Å². The van der Waals surface area contributed by atoms with Crippen molar-refractivity contribution in [3.8, 4) is 0 Å². The van der Waals surface area contributed by atoms with Crippen molar-refractivity contribution < 1.29 is 38.2 Å². The van der Waals surface area contributed by atoms with Crippen LogP contribution >= 0.6 is 0 Å². The van der Waals surface area contributed by atoms with E-state index in [0.29, 0.717) is 50.1 Å². The zero-order valence-electron chi connectivity index (χ0n) is 39.3. The number of carbonyl (C=O) groups is 6. The predicted octanol–water partition coefficient (Wildman–Crippen LogP) is 7.69. The Balaban J connectivity index is 1.17. The summed E-state index contributed by atoms with van der Waals surface area (Å²) in [7, 11) is 2.50. The van der Waals surface area contributed by atoms with Gasteiger partial charge in [0, 0.05) is 30.2 Å². The summed E-state index contributed by atoms with van der Waals surface area (Å²) in [6.07, 6.45) is 2.77. The monoisotopic (exact) mass is 894 g/mol. The molecule has 350 valence electrons. The molecule has 3 aromatic rings. The molecule has 15 heteroatoms. The third kappa shape index (κ3) is 11.2. The van der Waals surface area contributed by atoms with Gasteiger partial charge in [-0.05, 0) is 109 Å². The van der Waals surface area contributed by atoms with Gasteiger partial charge in [-0.1, -0.05) is 84.9 Å². The molecule has 0 bridgehead atoms. The van der Waals surface area contributed by atoms with E-state index in [0.717, 1.165) is 29.7 Å². The standard InChI is InChI=1S/C50H67N7O8/c1-30(2)42(53-48(62)64-8)46(60)55-28-10-12-40(55)44(58)51-35-20-14-32(15-21-35)38-26-27-39(57(38)37-24-18-34(19-25-37)50(5,6)7)33-16-22-36(23-17-33)52-45(59)41-13-11-29-56(41)47(61)43(31(3)4)54-49(63)65-9/h14-25,30-31,38-43H,10-13,26-29H2,1-9H3,(H,51,58)(H,52,59)(H,53,62)(H,54,63)/t38-,39-,40-,41+,42+,43-/m0/s1. The van der Waals surface area contributed by atoms with Crippen LogP contribution < -0.4 is 26.2 Å². The first-order valence-electron chi connectivity index (χ1n) is 22.9. The number of anilines is 3. The Kier molecular flexibility index (Phi) is 15.5. The van der Waals surface area contributed by atoms with Crippen molar-refractivity contribution in [1.29, 1.82) is 0 Å². The number of rotatable bonds is 13. The van der Waals surface area contributed by atoms with Gasteiger partial charge in [0.15, 0.2) is 0 Å². The Morgan fingerprint density at radius 3 is 1.29 bits per heavy atom.